The molecule has 0 aromatic heterocycles. The summed E-state index contributed by atoms with van der Waals surface area (Å²) in [7, 11) is 0. The average molecular weight is 198 g/mol. The second-order valence-corrected chi connectivity index (χ2v) is 4.24. The van der Waals surface area contributed by atoms with Crippen LogP contribution in [0, 0.1) is 5.92 Å². The molecule has 1 saturated carbocycles. The first-order valence-corrected chi connectivity index (χ1v) is 5.75. The number of hydrogen-bond donors (Lipinski definition) is 2. The van der Waals surface area contributed by atoms with Gasteiger partial charge in [0, 0.05) is 12.5 Å². The fourth-order valence-corrected chi connectivity index (χ4v) is 1.65. The second-order valence-electron chi connectivity index (χ2n) is 4.24. The lowest BCUT2D eigenvalue weighted by Gasteiger charge is -2.16. The molecule has 3 heteroatoms. The molecule has 0 radical (unpaired) electrons. The van der Waals surface area contributed by atoms with E-state index in [9.17, 15) is 4.79 Å². The predicted molar refractivity (Wildman–Crippen MR) is 57.9 cm³/mol. The minimum Gasteiger partial charge on any atom is -0.353 e. The molecule has 14 heavy (non-hydrogen) atoms. The van der Waals surface area contributed by atoms with E-state index >= 15 is 0 Å². The maximum absolute atomic E-state index is 11.4. The zero-order chi connectivity index (χ0) is 10.4. The van der Waals surface area contributed by atoms with Crippen LogP contribution in [0.4, 0.5) is 0 Å². The third-order valence-electron chi connectivity index (χ3n) is 2.78. The van der Waals surface area contributed by atoms with Crippen molar-refractivity contribution in [3.8, 4) is 0 Å². The zero-order valence-corrected chi connectivity index (χ0v) is 9.09. The van der Waals surface area contributed by atoms with E-state index in [0.29, 0.717) is 19.0 Å². The summed E-state index contributed by atoms with van der Waals surface area (Å²) in [5.41, 5.74) is 5.35. The van der Waals surface area contributed by atoms with Crippen LogP contribution in [0.1, 0.15) is 45.4 Å². The summed E-state index contributed by atoms with van der Waals surface area (Å²) in [5.74, 6) is 1.05. The van der Waals surface area contributed by atoms with E-state index in [2.05, 4.69) is 12.2 Å². The summed E-state index contributed by atoms with van der Waals surface area (Å²) < 4.78 is 0. The smallest absolute Gasteiger partial charge is 0.220 e. The molecule has 0 bridgehead atoms. The highest BCUT2D eigenvalue weighted by Crippen LogP contribution is 2.33. The maximum atomic E-state index is 11.4. The van der Waals surface area contributed by atoms with E-state index < -0.39 is 0 Å². The van der Waals surface area contributed by atoms with Gasteiger partial charge < -0.3 is 11.1 Å². The number of amides is 1. The van der Waals surface area contributed by atoms with Gasteiger partial charge in [-0.1, -0.05) is 19.8 Å². The third-order valence-corrected chi connectivity index (χ3v) is 2.78. The second kappa shape index (κ2) is 6.02. The van der Waals surface area contributed by atoms with E-state index in [1.165, 1.54) is 19.3 Å². The largest absolute Gasteiger partial charge is 0.353 e. The average Bonchev–Trinajstić information content (AvgIpc) is 2.97. The lowest BCUT2D eigenvalue weighted by atomic mass is 10.1. The molecule has 3 nitrogen and oxygen atoms in total. The Bertz CT molecular complexity index is 178. The summed E-state index contributed by atoms with van der Waals surface area (Å²) in [4.78, 5) is 11.4. The zero-order valence-electron chi connectivity index (χ0n) is 9.09. The quantitative estimate of drug-likeness (QED) is 0.650. The van der Waals surface area contributed by atoms with Crippen molar-refractivity contribution in [2.45, 2.75) is 51.5 Å². The number of carbonyl (C=O) groups is 1. The van der Waals surface area contributed by atoms with Crippen molar-refractivity contribution in [2.24, 2.45) is 11.7 Å². The molecule has 82 valence electrons. The summed E-state index contributed by atoms with van der Waals surface area (Å²) in [5, 5.41) is 3.08. The van der Waals surface area contributed by atoms with Gasteiger partial charge in [-0.05, 0) is 31.7 Å². The minimum absolute atomic E-state index is 0.169. The monoisotopic (exact) mass is 198 g/mol. The Morgan fingerprint density at radius 1 is 1.57 bits per heavy atom. The molecule has 1 amide bonds. The van der Waals surface area contributed by atoms with Crippen molar-refractivity contribution < 1.29 is 4.79 Å². The van der Waals surface area contributed by atoms with Gasteiger partial charge in [0.25, 0.3) is 0 Å². The van der Waals surface area contributed by atoms with E-state index in [-0.39, 0.29) is 5.91 Å². The summed E-state index contributed by atoms with van der Waals surface area (Å²) in [6.45, 7) is 2.74. The third kappa shape index (κ3) is 4.61. The molecule has 0 saturated heterocycles. The van der Waals surface area contributed by atoms with Gasteiger partial charge in [0.15, 0.2) is 0 Å². The van der Waals surface area contributed by atoms with Crippen molar-refractivity contribution in [1.29, 1.82) is 0 Å². The molecule has 0 aromatic carbocycles. The van der Waals surface area contributed by atoms with E-state index in [1.54, 1.807) is 0 Å². The highest BCUT2D eigenvalue weighted by Gasteiger charge is 2.25. The van der Waals surface area contributed by atoms with E-state index in [1.807, 2.05) is 0 Å². The van der Waals surface area contributed by atoms with Crippen LogP contribution in [-0.4, -0.2) is 18.5 Å². The normalized spacial score (nSPS) is 17.9. The van der Waals surface area contributed by atoms with Crippen molar-refractivity contribution in [1.82, 2.24) is 5.32 Å². The molecular weight excluding hydrogens is 176 g/mol. The first-order chi connectivity index (χ1) is 6.76. The van der Waals surface area contributed by atoms with Crippen LogP contribution in [0.25, 0.3) is 0 Å². The van der Waals surface area contributed by atoms with Crippen LogP contribution in [-0.2, 0) is 4.79 Å². The number of rotatable bonds is 7. The van der Waals surface area contributed by atoms with Crippen LogP contribution in [0.15, 0.2) is 0 Å². The topological polar surface area (TPSA) is 55.1 Å². The molecule has 0 spiro atoms. The molecule has 0 heterocycles. The molecule has 3 N–H and O–H groups in total. The number of nitrogens with two attached hydrogens (primary N) is 1. The van der Waals surface area contributed by atoms with Crippen LogP contribution in [0.2, 0.25) is 0 Å². The van der Waals surface area contributed by atoms with Crippen LogP contribution >= 0.6 is 0 Å². The number of hydrogen-bond acceptors (Lipinski definition) is 2. The van der Waals surface area contributed by atoms with Gasteiger partial charge in [-0.3, -0.25) is 4.79 Å². The summed E-state index contributed by atoms with van der Waals surface area (Å²) in [6, 6.07) is 0.396. The Kier molecular flexibility index (Phi) is 4.94. The highest BCUT2D eigenvalue weighted by molar-refractivity contribution is 5.76. The van der Waals surface area contributed by atoms with Crippen molar-refractivity contribution in [3.05, 3.63) is 0 Å². The minimum atomic E-state index is 0.169. The molecular formula is C11H22N2O. The Morgan fingerprint density at radius 3 is 2.79 bits per heavy atom. The molecule has 1 rings (SSSR count). The van der Waals surface area contributed by atoms with E-state index in [4.69, 9.17) is 5.73 Å². The Balaban J connectivity index is 2.13. The fraction of sp³-hybridized carbons (Fsp3) is 0.909. The molecule has 1 aliphatic carbocycles. The predicted octanol–water partition coefficient (Wildman–Crippen LogP) is 1.42. The van der Waals surface area contributed by atoms with Crippen molar-refractivity contribution in [2.75, 3.05) is 6.54 Å². The van der Waals surface area contributed by atoms with Crippen molar-refractivity contribution in [3.63, 3.8) is 0 Å². The van der Waals surface area contributed by atoms with Gasteiger partial charge in [-0.2, -0.15) is 0 Å². The standard InChI is InChI=1S/C11H22N2O/c1-2-10(8-9-5-6-9)13-11(14)4-3-7-12/h9-10H,2-8,12H2,1H3,(H,13,14). The Hall–Kier alpha value is -0.570. The lowest BCUT2D eigenvalue weighted by Crippen LogP contribution is -2.34. The molecule has 1 atom stereocenters. The van der Waals surface area contributed by atoms with Crippen molar-refractivity contribution >= 4 is 5.91 Å². The van der Waals surface area contributed by atoms with Gasteiger partial charge >= 0.3 is 0 Å². The van der Waals surface area contributed by atoms with Gasteiger partial charge in [0.05, 0.1) is 0 Å². The van der Waals surface area contributed by atoms with Gasteiger partial charge in [0.2, 0.25) is 5.91 Å². The number of carbonyl (C=O) groups excluding carboxylic acids is 1. The number of nitrogens with one attached hydrogen (secondary N) is 1. The highest BCUT2D eigenvalue weighted by atomic mass is 16.1. The fourth-order valence-electron chi connectivity index (χ4n) is 1.65. The molecule has 1 unspecified atom stereocenters. The summed E-state index contributed by atoms with van der Waals surface area (Å²) >= 11 is 0. The van der Waals surface area contributed by atoms with Gasteiger partial charge in [-0.15, -0.1) is 0 Å². The lowest BCUT2D eigenvalue weighted by molar-refractivity contribution is -0.121. The first kappa shape index (κ1) is 11.5. The van der Waals surface area contributed by atoms with Gasteiger partial charge in [0.1, 0.15) is 0 Å². The van der Waals surface area contributed by atoms with Crippen LogP contribution < -0.4 is 11.1 Å². The molecule has 0 aliphatic heterocycles. The molecule has 1 aliphatic rings. The maximum Gasteiger partial charge on any atom is 0.220 e. The van der Waals surface area contributed by atoms with Gasteiger partial charge in [-0.25, -0.2) is 0 Å². The molecule has 0 aromatic rings. The Labute approximate surface area is 86.4 Å². The van der Waals surface area contributed by atoms with Crippen LogP contribution in [0.5, 0.6) is 0 Å². The Morgan fingerprint density at radius 2 is 2.29 bits per heavy atom. The summed E-state index contributed by atoms with van der Waals surface area (Å²) in [6.07, 6.45) is 6.31. The molecule has 1 fully saturated rings. The van der Waals surface area contributed by atoms with E-state index in [0.717, 1.165) is 18.8 Å². The van der Waals surface area contributed by atoms with Crippen LogP contribution in [0.3, 0.4) is 0 Å². The first-order valence-electron chi connectivity index (χ1n) is 5.75. The SMILES string of the molecule is CCC(CC1CC1)NC(=O)CCCN.